The van der Waals surface area contributed by atoms with Crippen molar-refractivity contribution in [1.29, 1.82) is 0 Å². The molecule has 0 radical (unpaired) electrons. The number of nitrogens with one attached hydrogen (secondary N) is 1. The summed E-state index contributed by atoms with van der Waals surface area (Å²) in [7, 11) is -3.97. The number of carboxylic acid groups (broad SMARTS) is 1. The van der Waals surface area contributed by atoms with Crippen molar-refractivity contribution in [3.8, 4) is 0 Å². The molecular formula is C16H20N2O6S. The summed E-state index contributed by atoms with van der Waals surface area (Å²) >= 11 is 0. The van der Waals surface area contributed by atoms with Crippen molar-refractivity contribution in [2.24, 2.45) is 0 Å². The van der Waals surface area contributed by atoms with Crippen molar-refractivity contribution >= 4 is 27.8 Å². The van der Waals surface area contributed by atoms with Gasteiger partial charge in [-0.2, -0.15) is 0 Å². The summed E-state index contributed by atoms with van der Waals surface area (Å²) in [5.41, 5.74) is 0.00925. The third-order valence-electron chi connectivity index (χ3n) is 4.01. The maximum absolute atomic E-state index is 12.4. The smallest absolute Gasteiger partial charge is 0.326 e. The zero-order chi connectivity index (χ0) is 18.8. The van der Waals surface area contributed by atoms with Crippen LogP contribution in [0, 0.1) is 0 Å². The Hall–Kier alpha value is -2.42. The topological polar surface area (TPSA) is 121 Å². The fraction of sp³-hybridized carbons (Fsp3) is 0.438. The SMILES string of the molecule is CCCC[C@H](NC(=O)c1ccc2c(c1)S(=O)(=O)N(CC)C2=O)C(=O)O. The summed E-state index contributed by atoms with van der Waals surface area (Å²) in [6.07, 6.45) is 1.70. The van der Waals surface area contributed by atoms with Gasteiger partial charge < -0.3 is 10.4 Å². The molecule has 2 amide bonds. The van der Waals surface area contributed by atoms with Gasteiger partial charge in [-0.3, -0.25) is 9.59 Å². The van der Waals surface area contributed by atoms with Crippen molar-refractivity contribution in [2.75, 3.05) is 6.54 Å². The van der Waals surface area contributed by atoms with Gasteiger partial charge in [0, 0.05) is 12.1 Å². The molecule has 2 N–H and O–H groups in total. The van der Waals surface area contributed by atoms with E-state index >= 15 is 0 Å². The van der Waals surface area contributed by atoms with Gasteiger partial charge in [0.2, 0.25) is 0 Å². The molecule has 0 bridgehead atoms. The lowest BCUT2D eigenvalue weighted by molar-refractivity contribution is -0.139. The van der Waals surface area contributed by atoms with E-state index in [4.69, 9.17) is 0 Å². The lowest BCUT2D eigenvalue weighted by Crippen LogP contribution is -2.40. The van der Waals surface area contributed by atoms with Crippen LogP contribution in [0.25, 0.3) is 0 Å². The zero-order valence-electron chi connectivity index (χ0n) is 14.0. The molecular weight excluding hydrogens is 348 g/mol. The predicted molar refractivity (Wildman–Crippen MR) is 88.8 cm³/mol. The monoisotopic (exact) mass is 368 g/mol. The Morgan fingerprint density at radius 3 is 2.52 bits per heavy atom. The summed E-state index contributed by atoms with van der Waals surface area (Å²) in [6, 6.07) is 2.67. The number of carboxylic acids is 1. The molecule has 9 heteroatoms. The first-order valence-corrected chi connectivity index (χ1v) is 9.42. The molecule has 8 nitrogen and oxygen atoms in total. The third-order valence-corrected chi connectivity index (χ3v) is 5.90. The summed E-state index contributed by atoms with van der Waals surface area (Å²) in [5.74, 6) is -2.47. The van der Waals surface area contributed by atoms with E-state index in [0.717, 1.165) is 16.8 Å². The van der Waals surface area contributed by atoms with Gasteiger partial charge in [-0.25, -0.2) is 17.5 Å². The minimum Gasteiger partial charge on any atom is -0.480 e. The number of benzene rings is 1. The largest absolute Gasteiger partial charge is 0.480 e. The van der Waals surface area contributed by atoms with Crippen LogP contribution in [-0.2, 0) is 14.8 Å². The van der Waals surface area contributed by atoms with Crippen LogP contribution >= 0.6 is 0 Å². The lowest BCUT2D eigenvalue weighted by Gasteiger charge is -2.14. The van der Waals surface area contributed by atoms with E-state index in [1.807, 2.05) is 6.92 Å². The van der Waals surface area contributed by atoms with Crippen LogP contribution in [0.4, 0.5) is 0 Å². The number of hydrogen-bond donors (Lipinski definition) is 2. The van der Waals surface area contributed by atoms with E-state index in [-0.39, 0.29) is 29.0 Å². The maximum atomic E-state index is 12.4. The average Bonchev–Trinajstić information content (AvgIpc) is 2.76. The number of aliphatic carboxylic acids is 1. The Morgan fingerprint density at radius 1 is 1.28 bits per heavy atom. The number of hydrogen-bond acceptors (Lipinski definition) is 5. The van der Waals surface area contributed by atoms with Crippen LogP contribution in [0.1, 0.15) is 53.8 Å². The molecule has 1 atom stereocenters. The number of unbranched alkanes of at least 4 members (excludes halogenated alkanes) is 1. The van der Waals surface area contributed by atoms with Crippen LogP contribution in [-0.4, -0.2) is 48.2 Å². The highest BCUT2D eigenvalue weighted by Crippen LogP contribution is 2.30. The minimum atomic E-state index is -3.97. The van der Waals surface area contributed by atoms with Gasteiger partial charge in [0.15, 0.2) is 0 Å². The van der Waals surface area contributed by atoms with Crippen LogP contribution in [0.5, 0.6) is 0 Å². The number of nitrogens with zero attached hydrogens (tertiary/aromatic N) is 1. The van der Waals surface area contributed by atoms with Gasteiger partial charge >= 0.3 is 5.97 Å². The van der Waals surface area contributed by atoms with Crippen LogP contribution in [0.15, 0.2) is 23.1 Å². The van der Waals surface area contributed by atoms with Crippen molar-refractivity contribution < 1.29 is 27.9 Å². The first kappa shape index (κ1) is 18.9. The minimum absolute atomic E-state index is 0.00386. The van der Waals surface area contributed by atoms with Crippen molar-refractivity contribution in [3.05, 3.63) is 29.3 Å². The highest BCUT2D eigenvalue weighted by atomic mass is 32.2. The van der Waals surface area contributed by atoms with E-state index in [0.29, 0.717) is 6.42 Å². The molecule has 0 saturated carbocycles. The molecule has 2 rings (SSSR count). The van der Waals surface area contributed by atoms with Crippen LogP contribution in [0.2, 0.25) is 0 Å². The summed E-state index contributed by atoms with van der Waals surface area (Å²) in [5, 5.41) is 11.6. The van der Waals surface area contributed by atoms with Crippen LogP contribution in [0.3, 0.4) is 0 Å². The van der Waals surface area contributed by atoms with Crippen molar-refractivity contribution in [2.45, 2.75) is 44.0 Å². The van der Waals surface area contributed by atoms with Gasteiger partial charge in [0.1, 0.15) is 10.9 Å². The highest BCUT2D eigenvalue weighted by Gasteiger charge is 2.40. The van der Waals surface area contributed by atoms with E-state index in [1.54, 1.807) is 6.92 Å². The first-order valence-electron chi connectivity index (χ1n) is 7.98. The van der Waals surface area contributed by atoms with E-state index < -0.39 is 33.8 Å². The Morgan fingerprint density at radius 2 is 1.96 bits per heavy atom. The van der Waals surface area contributed by atoms with Crippen molar-refractivity contribution in [3.63, 3.8) is 0 Å². The Balaban J connectivity index is 2.30. The molecule has 25 heavy (non-hydrogen) atoms. The molecule has 0 saturated heterocycles. The number of carbonyl (C=O) groups is 3. The van der Waals surface area contributed by atoms with E-state index in [1.165, 1.54) is 12.1 Å². The predicted octanol–water partition coefficient (Wildman–Crippen LogP) is 1.22. The van der Waals surface area contributed by atoms with E-state index in [9.17, 15) is 27.9 Å². The Kier molecular flexibility index (Phi) is 5.46. The quantitative estimate of drug-likeness (QED) is 0.746. The molecule has 1 aromatic rings. The number of carbonyl (C=O) groups excluding carboxylic acids is 2. The van der Waals surface area contributed by atoms with Gasteiger partial charge in [-0.15, -0.1) is 0 Å². The third kappa shape index (κ3) is 3.51. The fourth-order valence-corrected chi connectivity index (χ4v) is 4.24. The van der Waals surface area contributed by atoms with Gasteiger partial charge in [0.05, 0.1) is 5.56 Å². The summed E-state index contributed by atoms with van der Waals surface area (Å²) < 4.78 is 25.4. The van der Waals surface area contributed by atoms with Crippen molar-refractivity contribution in [1.82, 2.24) is 9.62 Å². The van der Waals surface area contributed by atoms with Gasteiger partial charge in [0.25, 0.3) is 21.8 Å². The first-order chi connectivity index (χ1) is 11.7. The zero-order valence-corrected chi connectivity index (χ0v) is 14.8. The molecule has 1 heterocycles. The number of rotatable bonds is 7. The molecule has 0 aliphatic carbocycles. The fourth-order valence-electron chi connectivity index (χ4n) is 2.64. The molecule has 0 spiro atoms. The Bertz CT molecular complexity index is 818. The summed E-state index contributed by atoms with van der Waals surface area (Å²) in [4.78, 5) is 35.4. The standard InChI is InChI=1S/C16H20N2O6S/c1-3-5-6-12(16(21)22)17-14(19)10-7-8-11-13(9-10)25(23,24)18(4-2)15(11)20/h7-9,12H,3-6H2,1-2H3,(H,17,19)(H,21,22)/t12-/m0/s1. The molecule has 1 aliphatic rings. The normalized spacial score (nSPS) is 16.4. The molecule has 136 valence electrons. The second-order valence-electron chi connectivity index (χ2n) is 5.69. The second-order valence-corrected chi connectivity index (χ2v) is 7.52. The second kappa shape index (κ2) is 7.22. The number of amides is 2. The number of fused-ring (bicyclic) bond motifs is 1. The van der Waals surface area contributed by atoms with E-state index in [2.05, 4.69) is 5.32 Å². The molecule has 0 aromatic heterocycles. The molecule has 0 unspecified atom stereocenters. The highest BCUT2D eigenvalue weighted by molar-refractivity contribution is 7.90. The number of sulfonamides is 1. The maximum Gasteiger partial charge on any atom is 0.326 e. The summed E-state index contributed by atoms with van der Waals surface area (Å²) in [6.45, 7) is 3.44. The lowest BCUT2D eigenvalue weighted by atomic mass is 10.1. The molecule has 0 fully saturated rings. The average molecular weight is 368 g/mol. The molecule has 1 aliphatic heterocycles. The van der Waals surface area contributed by atoms with Crippen LogP contribution < -0.4 is 5.32 Å². The Labute approximate surface area is 145 Å². The van der Waals surface area contributed by atoms with Gasteiger partial charge in [-0.05, 0) is 31.5 Å². The molecule has 1 aromatic carbocycles. The van der Waals surface area contributed by atoms with Gasteiger partial charge in [-0.1, -0.05) is 19.8 Å².